The van der Waals surface area contributed by atoms with Crippen molar-refractivity contribution in [3.8, 4) is 11.5 Å². The van der Waals surface area contributed by atoms with Crippen LogP contribution in [-0.4, -0.2) is 30.8 Å². The molecule has 1 aromatic heterocycles. The zero-order valence-electron chi connectivity index (χ0n) is 15.3. The van der Waals surface area contributed by atoms with E-state index in [0.29, 0.717) is 5.89 Å². The molecule has 28 heavy (non-hydrogen) atoms. The van der Waals surface area contributed by atoms with Gasteiger partial charge in [0.1, 0.15) is 0 Å². The van der Waals surface area contributed by atoms with Crippen molar-refractivity contribution in [1.82, 2.24) is 10.2 Å². The molecule has 1 heterocycles. The van der Waals surface area contributed by atoms with Gasteiger partial charge in [-0.1, -0.05) is 17.2 Å². The SMILES string of the molecule is CS(=O)(=O)c1cccc(C(=O)Nc2nnc(-c3ccc4c(c3)CCCC4)o2)c1. The highest BCUT2D eigenvalue weighted by Gasteiger charge is 2.16. The lowest BCUT2D eigenvalue weighted by Gasteiger charge is -2.15. The number of aromatic nitrogens is 2. The zero-order valence-corrected chi connectivity index (χ0v) is 16.1. The van der Waals surface area contributed by atoms with Crippen LogP contribution in [-0.2, 0) is 22.7 Å². The van der Waals surface area contributed by atoms with Crippen LogP contribution in [0.2, 0.25) is 0 Å². The van der Waals surface area contributed by atoms with E-state index >= 15 is 0 Å². The summed E-state index contributed by atoms with van der Waals surface area (Å²) >= 11 is 0. The molecule has 0 bridgehead atoms. The Morgan fingerprint density at radius 1 is 1.04 bits per heavy atom. The molecular formula is C20H19N3O4S. The molecule has 1 aliphatic carbocycles. The Morgan fingerprint density at radius 3 is 2.61 bits per heavy atom. The number of nitrogens with one attached hydrogen (secondary N) is 1. The third-order valence-corrected chi connectivity index (χ3v) is 5.88. The molecule has 0 fully saturated rings. The van der Waals surface area contributed by atoms with Gasteiger partial charge in [0.2, 0.25) is 5.89 Å². The number of carbonyl (C=O) groups is 1. The molecule has 1 aliphatic rings. The fourth-order valence-electron chi connectivity index (χ4n) is 3.29. The molecule has 1 N–H and O–H groups in total. The first-order valence-electron chi connectivity index (χ1n) is 8.97. The fraction of sp³-hybridized carbons (Fsp3) is 0.250. The first-order valence-corrected chi connectivity index (χ1v) is 10.9. The molecular weight excluding hydrogens is 378 g/mol. The molecule has 0 unspecified atom stereocenters. The highest BCUT2D eigenvalue weighted by atomic mass is 32.2. The summed E-state index contributed by atoms with van der Waals surface area (Å²) < 4.78 is 28.9. The summed E-state index contributed by atoms with van der Waals surface area (Å²) in [5.41, 5.74) is 3.66. The van der Waals surface area contributed by atoms with Crippen LogP contribution in [0, 0.1) is 0 Å². The van der Waals surface area contributed by atoms with E-state index in [-0.39, 0.29) is 16.5 Å². The Morgan fingerprint density at radius 2 is 1.82 bits per heavy atom. The minimum atomic E-state index is -3.40. The van der Waals surface area contributed by atoms with Crippen molar-refractivity contribution in [2.45, 2.75) is 30.6 Å². The molecule has 144 valence electrons. The molecule has 1 amide bonds. The number of hydrogen-bond acceptors (Lipinski definition) is 6. The maximum absolute atomic E-state index is 12.4. The average molecular weight is 397 g/mol. The standard InChI is InChI=1S/C20H19N3O4S/c1-28(25,26)17-8-4-7-15(12-17)18(24)21-20-23-22-19(27-20)16-10-9-13-5-2-3-6-14(13)11-16/h4,7-12H,2-3,5-6H2,1H3,(H,21,23,24). The molecule has 4 rings (SSSR count). The van der Waals surface area contributed by atoms with E-state index in [0.717, 1.165) is 24.7 Å². The van der Waals surface area contributed by atoms with Crippen LogP contribution in [0.25, 0.3) is 11.5 Å². The van der Waals surface area contributed by atoms with Crippen molar-refractivity contribution >= 4 is 21.8 Å². The van der Waals surface area contributed by atoms with Gasteiger partial charge in [0.05, 0.1) is 4.90 Å². The molecule has 3 aromatic rings. The summed E-state index contributed by atoms with van der Waals surface area (Å²) in [5, 5.41) is 10.4. The lowest BCUT2D eigenvalue weighted by molar-refractivity contribution is 0.102. The number of amides is 1. The molecule has 8 heteroatoms. The van der Waals surface area contributed by atoms with Crippen molar-refractivity contribution in [1.29, 1.82) is 0 Å². The summed E-state index contributed by atoms with van der Waals surface area (Å²) in [4.78, 5) is 12.5. The van der Waals surface area contributed by atoms with Gasteiger partial charge in [0.25, 0.3) is 5.91 Å². The molecule has 0 radical (unpaired) electrons. The summed E-state index contributed by atoms with van der Waals surface area (Å²) in [6.07, 6.45) is 5.61. The quantitative estimate of drug-likeness (QED) is 0.725. The monoisotopic (exact) mass is 397 g/mol. The van der Waals surface area contributed by atoms with E-state index in [1.165, 1.54) is 48.2 Å². The number of rotatable bonds is 4. The number of carbonyl (C=O) groups excluding carboxylic acids is 1. The van der Waals surface area contributed by atoms with Crippen LogP contribution in [0.15, 0.2) is 51.8 Å². The van der Waals surface area contributed by atoms with E-state index in [1.807, 2.05) is 6.07 Å². The minimum Gasteiger partial charge on any atom is -0.403 e. The highest BCUT2D eigenvalue weighted by Crippen LogP contribution is 2.27. The third kappa shape index (κ3) is 3.82. The topological polar surface area (TPSA) is 102 Å². The second-order valence-corrected chi connectivity index (χ2v) is 8.87. The molecule has 0 spiro atoms. The van der Waals surface area contributed by atoms with Gasteiger partial charge < -0.3 is 4.42 Å². The number of fused-ring (bicyclic) bond motifs is 1. The molecule has 0 aliphatic heterocycles. The predicted octanol–water partition coefficient (Wildman–Crippen LogP) is 3.27. The molecule has 0 saturated carbocycles. The largest absolute Gasteiger partial charge is 0.403 e. The number of nitrogens with zero attached hydrogens (tertiary/aromatic N) is 2. The van der Waals surface area contributed by atoms with Crippen molar-refractivity contribution in [3.05, 3.63) is 59.2 Å². The number of anilines is 1. The molecule has 2 aromatic carbocycles. The second kappa shape index (κ2) is 7.20. The van der Waals surface area contributed by atoms with Gasteiger partial charge in [-0.15, -0.1) is 5.10 Å². The van der Waals surface area contributed by atoms with Crippen LogP contribution in [0.3, 0.4) is 0 Å². The Balaban J connectivity index is 1.53. The van der Waals surface area contributed by atoms with Gasteiger partial charge >= 0.3 is 6.01 Å². The second-order valence-electron chi connectivity index (χ2n) is 6.86. The maximum atomic E-state index is 12.4. The van der Waals surface area contributed by atoms with Crippen LogP contribution in [0.1, 0.15) is 34.3 Å². The minimum absolute atomic E-state index is 0.0394. The first-order chi connectivity index (χ1) is 13.4. The van der Waals surface area contributed by atoms with Crippen molar-refractivity contribution in [2.24, 2.45) is 0 Å². The normalized spacial score (nSPS) is 13.8. The van der Waals surface area contributed by atoms with E-state index in [2.05, 4.69) is 27.6 Å². The third-order valence-electron chi connectivity index (χ3n) is 4.77. The van der Waals surface area contributed by atoms with Crippen molar-refractivity contribution in [3.63, 3.8) is 0 Å². The number of sulfone groups is 1. The Bertz CT molecular complexity index is 1150. The van der Waals surface area contributed by atoms with Gasteiger partial charge in [-0.05, 0) is 67.1 Å². The smallest absolute Gasteiger partial charge is 0.322 e. The number of benzene rings is 2. The van der Waals surface area contributed by atoms with Crippen molar-refractivity contribution in [2.75, 3.05) is 11.6 Å². The lowest BCUT2D eigenvalue weighted by Crippen LogP contribution is -2.13. The van der Waals surface area contributed by atoms with Crippen LogP contribution in [0.4, 0.5) is 6.01 Å². The predicted molar refractivity (Wildman–Crippen MR) is 104 cm³/mol. The van der Waals surface area contributed by atoms with Gasteiger partial charge in [0, 0.05) is 17.4 Å². The first kappa shape index (κ1) is 18.4. The van der Waals surface area contributed by atoms with E-state index < -0.39 is 15.7 Å². The van der Waals surface area contributed by atoms with Crippen molar-refractivity contribution < 1.29 is 17.6 Å². The summed E-state index contributed by atoms with van der Waals surface area (Å²) in [5.74, 6) is -0.195. The van der Waals surface area contributed by atoms with Gasteiger partial charge in [-0.3, -0.25) is 10.1 Å². The fourth-order valence-corrected chi connectivity index (χ4v) is 3.96. The summed E-state index contributed by atoms with van der Waals surface area (Å²) in [6.45, 7) is 0. The Labute approximate surface area is 162 Å². The molecule has 0 atom stereocenters. The number of aryl methyl sites for hydroxylation is 2. The maximum Gasteiger partial charge on any atom is 0.322 e. The molecule has 0 saturated heterocycles. The van der Waals surface area contributed by atoms with Gasteiger partial charge in [-0.25, -0.2) is 8.42 Å². The summed E-state index contributed by atoms with van der Waals surface area (Å²) in [6, 6.07) is 11.8. The highest BCUT2D eigenvalue weighted by molar-refractivity contribution is 7.90. The van der Waals surface area contributed by atoms with Crippen LogP contribution < -0.4 is 5.32 Å². The Kier molecular flexibility index (Phi) is 4.72. The van der Waals surface area contributed by atoms with Gasteiger partial charge in [0.15, 0.2) is 9.84 Å². The van der Waals surface area contributed by atoms with E-state index in [1.54, 1.807) is 0 Å². The lowest BCUT2D eigenvalue weighted by atomic mass is 9.90. The zero-order chi connectivity index (χ0) is 19.7. The Hall–Kier alpha value is -3.00. The van der Waals surface area contributed by atoms with Crippen LogP contribution in [0.5, 0.6) is 0 Å². The average Bonchev–Trinajstić information content (AvgIpc) is 3.15. The van der Waals surface area contributed by atoms with Crippen LogP contribution >= 0.6 is 0 Å². The van der Waals surface area contributed by atoms with E-state index in [9.17, 15) is 13.2 Å². The molecule has 7 nitrogen and oxygen atoms in total. The van der Waals surface area contributed by atoms with Gasteiger partial charge in [-0.2, -0.15) is 0 Å². The van der Waals surface area contributed by atoms with E-state index in [4.69, 9.17) is 4.42 Å². The number of hydrogen-bond donors (Lipinski definition) is 1. The summed E-state index contributed by atoms with van der Waals surface area (Å²) in [7, 11) is -3.40.